The summed E-state index contributed by atoms with van der Waals surface area (Å²) in [6.45, 7) is 1.13. The van der Waals surface area contributed by atoms with E-state index < -0.39 is 7.60 Å². The summed E-state index contributed by atoms with van der Waals surface area (Å²) in [5.74, 6) is 0. The first-order valence-electron chi connectivity index (χ1n) is 1.42. The van der Waals surface area contributed by atoms with Crippen LogP contribution in [0.3, 0.4) is 0 Å². The number of rotatable bonds is 1. The van der Waals surface area contributed by atoms with Crippen molar-refractivity contribution < 1.29 is 35.0 Å². The Balaban J connectivity index is 0. The van der Waals surface area contributed by atoms with Crippen LogP contribution < -0.4 is 0 Å². The summed E-state index contributed by atoms with van der Waals surface area (Å²) in [5.41, 5.74) is 0. The van der Waals surface area contributed by atoms with E-state index in [-0.39, 0.29) is 21.1 Å². The molecule has 0 aromatic carbocycles. The summed E-state index contributed by atoms with van der Waals surface area (Å²) in [5, 5.41) is 0. The summed E-state index contributed by atoms with van der Waals surface area (Å²) in [7, 11) is -1.95. The summed E-state index contributed by atoms with van der Waals surface area (Å²) < 4.78 is 14.0. The van der Waals surface area contributed by atoms with Crippen molar-refractivity contribution >= 4 is 7.60 Å². The van der Waals surface area contributed by atoms with E-state index in [0.29, 0.717) is 0 Å². The topological polar surface area (TPSA) is 46.5 Å². The molecule has 1 N–H and O–H groups in total. The molecule has 0 saturated carbocycles. The van der Waals surface area contributed by atoms with Crippen molar-refractivity contribution in [1.82, 2.24) is 0 Å². The van der Waals surface area contributed by atoms with Gasteiger partial charge in [-0.05, 0) is 0 Å². The van der Waals surface area contributed by atoms with Crippen LogP contribution >= 0.6 is 7.60 Å². The third-order valence-electron chi connectivity index (χ3n) is 0.339. The third kappa shape index (κ3) is 10.9. The van der Waals surface area contributed by atoms with Gasteiger partial charge in [-0.25, -0.2) is 0 Å². The van der Waals surface area contributed by atoms with Gasteiger partial charge in [0.25, 0.3) is 0 Å². The number of hydrogen-bond acceptors (Lipinski definition) is 2. The van der Waals surface area contributed by atoms with Gasteiger partial charge < -0.3 is 9.42 Å². The van der Waals surface area contributed by atoms with Gasteiger partial charge >= 0.3 is 7.60 Å². The van der Waals surface area contributed by atoms with Crippen LogP contribution in [0.5, 0.6) is 0 Å². The SMILES string of the molecule is COP(C)(=O)O.[Pt]. The largest absolute Gasteiger partial charge is 0.324 e. The van der Waals surface area contributed by atoms with Crippen molar-refractivity contribution in [1.29, 1.82) is 0 Å². The van der Waals surface area contributed by atoms with Gasteiger partial charge in [0.05, 0.1) is 0 Å². The van der Waals surface area contributed by atoms with E-state index in [1.807, 2.05) is 0 Å². The first-order chi connectivity index (χ1) is 2.56. The van der Waals surface area contributed by atoms with Crippen molar-refractivity contribution in [2.24, 2.45) is 0 Å². The van der Waals surface area contributed by atoms with Gasteiger partial charge in [0.15, 0.2) is 0 Å². The predicted octanol–water partition coefficient (Wildman–Crippen LogP) is 0.445. The van der Waals surface area contributed by atoms with Crippen LogP contribution in [-0.2, 0) is 30.2 Å². The van der Waals surface area contributed by atoms with E-state index in [1.165, 1.54) is 7.11 Å². The van der Waals surface area contributed by atoms with Crippen LogP contribution in [0.1, 0.15) is 0 Å². The zero-order valence-electron chi connectivity index (χ0n) is 4.03. The minimum Gasteiger partial charge on any atom is -0.324 e. The first-order valence-corrected chi connectivity index (χ1v) is 3.45. The van der Waals surface area contributed by atoms with E-state index in [2.05, 4.69) is 4.52 Å². The van der Waals surface area contributed by atoms with Gasteiger partial charge in [-0.3, -0.25) is 4.57 Å². The maximum atomic E-state index is 9.92. The average Bonchev–Trinajstić information content (AvgIpc) is 1.35. The van der Waals surface area contributed by atoms with E-state index in [9.17, 15) is 4.57 Å². The molecule has 5 heteroatoms. The Morgan fingerprint density at radius 2 is 1.86 bits per heavy atom. The van der Waals surface area contributed by atoms with E-state index in [0.717, 1.165) is 6.66 Å². The molecule has 0 radical (unpaired) electrons. The molecule has 1 unspecified atom stereocenters. The van der Waals surface area contributed by atoms with Gasteiger partial charge in [0, 0.05) is 34.8 Å². The van der Waals surface area contributed by atoms with Crippen molar-refractivity contribution in [3.8, 4) is 0 Å². The molecule has 0 aromatic heterocycles. The smallest absolute Gasteiger partial charge is 0.324 e. The standard InChI is InChI=1S/C2H7O3P.Pt/c1-5-6(2,3)4;/h1-2H3,(H,3,4);. The quantitative estimate of drug-likeness (QED) is 0.715. The molecule has 0 aromatic rings. The molecule has 0 rings (SSSR count). The normalized spacial score (nSPS) is 17.0. The molecule has 0 saturated heterocycles. The van der Waals surface area contributed by atoms with Gasteiger partial charge in [-0.1, -0.05) is 0 Å². The molecule has 0 spiro atoms. The molecule has 0 aliphatic heterocycles. The summed E-state index contributed by atoms with van der Waals surface area (Å²) >= 11 is 0. The molecule has 1 atom stereocenters. The molecule has 0 bridgehead atoms. The molecular formula is C2H7O3PPt. The third-order valence-corrected chi connectivity index (χ3v) is 1.02. The minimum absolute atomic E-state index is 0. The van der Waals surface area contributed by atoms with E-state index in [4.69, 9.17) is 4.89 Å². The molecule has 3 nitrogen and oxygen atoms in total. The first kappa shape index (κ1) is 10.8. The van der Waals surface area contributed by atoms with Gasteiger partial charge in [-0.2, -0.15) is 0 Å². The average molecular weight is 305 g/mol. The molecule has 0 aliphatic rings. The molecule has 0 heterocycles. The second kappa shape index (κ2) is 3.79. The monoisotopic (exact) mass is 305 g/mol. The molecule has 0 amide bonds. The maximum absolute atomic E-state index is 9.92. The second-order valence-electron chi connectivity index (χ2n) is 0.986. The van der Waals surface area contributed by atoms with Gasteiger partial charge in [0.1, 0.15) is 0 Å². The van der Waals surface area contributed by atoms with Crippen molar-refractivity contribution in [3.63, 3.8) is 0 Å². The molecule has 0 aliphatic carbocycles. The predicted molar refractivity (Wildman–Crippen MR) is 22.8 cm³/mol. The van der Waals surface area contributed by atoms with Crippen LogP contribution in [-0.4, -0.2) is 18.7 Å². The molecule has 0 fully saturated rings. The van der Waals surface area contributed by atoms with Crippen LogP contribution in [0.2, 0.25) is 0 Å². The second-order valence-corrected chi connectivity index (χ2v) is 2.96. The molecule has 7 heavy (non-hydrogen) atoms. The Morgan fingerprint density at radius 3 is 1.86 bits per heavy atom. The fraction of sp³-hybridized carbons (Fsp3) is 1.00. The Hall–Kier alpha value is 0.838. The zero-order valence-corrected chi connectivity index (χ0v) is 7.19. The molecule has 48 valence electrons. The van der Waals surface area contributed by atoms with E-state index in [1.54, 1.807) is 0 Å². The van der Waals surface area contributed by atoms with Crippen molar-refractivity contribution in [3.05, 3.63) is 0 Å². The Labute approximate surface area is 56.9 Å². The zero-order chi connectivity index (χ0) is 5.21. The van der Waals surface area contributed by atoms with Gasteiger partial charge in [0.2, 0.25) is 0 Å². The maximum Gasteiger partial charge on any atom is 0.324 e. The minimum atomic E-state index is -3.15. The fourth-order valence-corrected chi connectivity index (χ4v) is 0. The molecular weight excluding hydrogens is 298 g/mol. The van der Waals surface area contributed by atoms with Crippen LogP contribution in [0.15, 0.2) is 0 Å². The summed E-state index contributed by atoms with van der Waals surface area (Å²) in [6, 6.07) is 0. The Morgan fingerprint density at radius 1 is 1.71 bits per heavy atom. The Kier molecular flexibility index (Phi) is 5.83. The van der Waals surface area contributed by atoms with E-state index >= 15 is 0 Å². The van der Waals surface area contributed by atoms with Crippen molar-refractivity contribution in [2.45, 2.75) is 0 Å². The summed E-state index contributed by atoms with van der Waals surface area (Å²) in [4.78, 5) is 8.16. The van der Waals surface area contributed by atoms with Crippen molar-refractivity contribution in [2.75, 3.05) is 13.8 Å². The Bertz CT molecular complexity index is 77.0. The summed E-state index contributed by atoms with van der Waals surface area (Å²) in [6.07, 6.45) is 0. The number of hydrogen-bond donors (Lipinski definition) is 1. The van der Waals surface area contributed by atoms with Crippen LogP contribution in [0.4, 0.5) is 0 Å². The van der Waals surface area contributed by atoms with Gasteiger partial charge in [-0.15, -0.1) is 0 Å². The van der Waals surface area contributed by atoms with Crippen LogP contribution in [0, 0.1) is 0 Å². The van der Waals surface area contributed by atoms with Crippen LogP contribution in [0.25, 0.3) is 0 Å². The fourth-order valence-electron chi connectivity index (χ4n) is 0.